The molecule has 0 aliphatic carbocycles. The topological polar surface area (TPSA) is 17.1 Å². The molecule has 0 heterocycles. The molecule has 20 heavy (non-hydrogen) atoms. The summed E-state index contributed by atoms with van der Waals surface area (Å²) in [5.74, 6) is 0.182. The van der Waals surface area contributed by atoms with Gasteiger partial charge < -0.3 is 0 Å². The summed E-state index contributed by atoms with van der Waals surface area (Å²) in [5.41, 5.74) is 3.27. The standard InChI is InChI=1S/C19H28O/c1-6-7-8-9-16-10-12-17(13-11-16)15(2)14-18(20)19(3,4)5/h10-14H,6-9H2,1-5H3/b15-14+. The first-order valence-corrected chi connectivity index (χ1v) is 7.66. The molecule has 0 N–H and O–H groups in total. The molecule has 1 aromatic rings. The smallest absolute Gasteiger partial charge is 0.161 e. The molecule has 1 nitrogen and oxygen atoms in total. The van der Waals surface area contributed by atoms with Gasteiger partial charge in [0, 0.05) is 5.41 Å². The van der Waals surface area contributed by atoms with Crippen LogP contribution in [-0.4, -0.2) is 5.78 Å². The summed E-state index contributed by atoms with van der Waals surface area (Å²) in [6.45, 7) is 10.1. The zero-order valence-corrected chi connectivity index (χ0v) is 13.6. The molecule has 1 heteroatoms. The van der Waals surface area contributed by atoms with E-state index in [0.717, 1.165) is 17.6 Å². The first kappa shape index (κ1) is 16.7. The van der Waals surface area contributed by atoms with Gasteiger partial charge in [0.05, 0.1) is 0 Å². The van der Waals surface area contributed by atoms with Crippen molar-refractivity contribution >= 4 is 11.4 Å². The Balaban J connectivity index is 2.73. The van der Waals surface area contributed by atoms with E-state index in [4.69, 9.17) is 0 Å². The molecule has 0 spiro atoms. The SMILES string of the molecule is CCCCCc1ccc(/C(C)=C/C(=O)C(C)(C)C)cc1. The quantitative estimate of drug-likeness (QED) is 0.498. The first-order valence-electron chi connectivity index (χ1n) is 7.66. The van der Waals surface area contributed by atoms with E-state index in [1.807, 2.05) is 27.7 Å². The fourth-order valence-corrected chi connectivity index (χ4v) is 2.01. The highest BCUT2D eigenvalue weighted by atomic mass is 16.1. The molecule has 0 saturated carbocycles. The van der Waals surface area contributed by atoms with Crippen LogP contribution in [0, 0.1) is 5.41 Å². The summed E-state index contributed by atoms with van der Waals surface area (Å²) in [5, 5.41) is 0. The van der Waals surface area contributed by atoms with Gasteiger partial charge in [0.25, 0.3) is 0 Å². The molecule has 0 atom stereocenters. The van der Waals surface area contributed by atoms with Gasteiger partial charge in [0.1, 0.15) is 0 Å². The highest BCUT2D eigenvalue weighted by Crippen LogP contribution is 2.21. The Morgan fingerprint density at radius 2 is 1.70 bits per heavy atom. The van der Waals surface area contributed by atoms with E-state index in [1.165, 1.54) is 24.8 Å². The minimum Gasteiger partial charge on any atom is -0.294 e. The van der Waals surface area contributed by atoms with Crippen molar-refractivity contribution in [1.82, 2.24) is 0 Å². The van der Waals surface area contributed by atoms with Crippen LogP contribution in [0.15, 0.2) is 30.3 Å². The van der Waals surface area contributed by atoms with Crippen molar-refractivity contribution in [2.45, 2.75) is 60.3 Å². The predicted octanol–water partition coefficient (Wildman–Crippen LogP) is 5.44. The predicted molar refractivity (Wildman–Crippen MR) is 87.8 cm³/mol. The van der Waals surface area contributed by atoms with E-state index in [1.54, 1.807) is 6.08 Å². The lowest BCUT2D eigenvalue weighted by atomic mass is 9.89. The third-order valence-electron chi connectivity index (χ3n) is 3.57. The van der Waals surface area contributed by atoms with Crippen LogP contribution in [-0.2, 0) is 11.2 Å². The highest BCUT2D eigenvalue weighted by molar-refractivity contribution is 5.99. The first-order chi connectivity index (χ1) is 9.34. The monoisotopic (exact) mass is 272 g/mol. The molecule has 0 unspecified atom stereocenters. The third-order valence-corrected chi connectivity index (χ3v) is 3.57. The molecule has 0 aliphatic rings. The molecule has 1 rings (SSSR count). The second-order valence-corrected chi connectivity index (χ2v) is 6.60. The second kappa shape index (κ2) is 7.42. The number of benzene rings is 1. The number of unbranched alkanes of at least 4 members (excludes halogenated alkanes) is 2. The summed E-state index contributed by atoms with van der Waals surface area (Å²) in [6, 6.07) is 8.62. The van der Waals surface area contributed by atoms with E-state index in [0.29, 0.717) is 0 Å². The van der Waals surface area contributed by atoms with Gasteiger partial charge in [-0.05, 0) is 42.5 Å². The van der Waals surface area contributed by atoms with E-state index in [-0.39, 0.29) is 11.2 Å². The largest absolute Gasteiger partial charge is 0.294 e. The summed E-state index contributed by atoms with van der Waals surface area (Å²) in [4.78, 5) is 12.0. The molecule has 0 saturated heterocycles. The van der Waals surface area contributed by atoms with Crippen LogP contribution in [0.3, 0.4) is 0 Å². The van der Waals surface area contributed by atoms with Gasteiger partial charge in [-0.15, -0.1) is 0 Å². The number of rotatable bonds is 6. The van der Waals surface area contributed by atoms with Crippen LogP contribution >= 0.6 is 0 Å². The van der Waals surface area contributed by atoms with Crippen LogP contribution in [0.2, 0.25) is 0 Å². The van der Waals surface area contributed by atoms with Crippen LogP contribution in [0.1, 0.15) is 65.0 Å². The van der Waals surface area contributed by atoms with Crippen molar-refractivity contribution in [1.29, 1.82) is 0 Å². The van der Waals surface area contributed by atoms with E-state index in [2.05, 4.69) is 31.2 Å². The maximum atomic E-state index is 12.0. The van der Waals surface area contributed by atoms with Gasteiger partial charge in [-0.1, -0.05) is 64.8 Å². The van der Waals surface area contributed by atoms with E-state index in [9.17, 15) is 4.79 Å². The zero-order valence-electron chi connectivity index (χ0n) is 13.6. The average Bonchev–Trinajstić information content (AvgIpc) is 2.38. The number of hydrogen-bond donors (Lipinski definition) is 0. The fraction of sp³-hybridized carbons (Fsp3) is 0.526. The summed E-state index contributed by atoms with van der Waals surface area (Å²) in [6.07, 6.45) is 6.73. The van der Waals surface area contributed by atoms with Crippen molar-refractivity contribution < 1.29 is 4.79 Å². The van der Waals surface area contributed by atoms with Crippen molar-refractivity contribution in [3.05, 3.63) is 41.5 Å². The van der Waals surface area contributed by atoms with E-state index < -0.39 is 0 Å². The summed E-state index contributed by atoms with van der Waals surface area (Å²) >= 11 is 0. The average molecular weight is 272 g/mol. The molecule has 0 fully saturated rings. The number of carbonyl (C=O) groups is 1. The molecule has 110 valence electrons. The third kappa shape index (κ3) is 5.32. The van der Waals surface area contributed by atoms with Gasteiger partial charge in [-0.2, -0.15) is 0 Å². The number of carbonyl (C=O) groups excluding carboxylic acids is 1. The van der Waals surface area contributed by atoms with Crippen molar-refractivity contribution in [3.63, 3.8) is 0 Å². The number of aryl methyl sites for hydroxylation is 1. The van der Waals surface area contributed by atoms with Gasteiger partial charge in [-0.25, -0.2) is 0 Å². The lowest BCUT2D eigenvalue weighted by Gasteiger charge is -2.14. The Labute approximate surface area is 124 Å². The summed E-state index contributed by atoms with van der Waals surface area (Å²) < 4.78 is 0. The zero-order chi connectivity index (χ0) is 15.2. The molecular formula is C19H28O. The minimum absolute atomic E-state index is 0.182. The molecule has 0 aromatic heterocycles. The molecule has 1 aromatic carbocycles. The van der Waals surface area contributed by atoms with Crippen molar-refractivity contribution in [2.75, 3.05) is 0 Å². The molecule has 0 amide bonds. The van der Waals surface area contributed by atoms with Crippen molar-refractivity contribution in [2.24, 2.45) is 5.41 Å². The minimum atomic E-state index is -0.304. The fourth-order valence-electron chi connectivity index (χ4n) is 2.01. The Morgan fingerprint density at radius 3 is 2.20 bits per heavy atom. The lowest BCUT2D eigenvalue weighted by Crippen LogP contribution is -2.17. The van der Waals surface area contributed by atoms with Gasteiger partial charge >= 0.3 is 0 Å². The number of ketones is 1. The van der Waals surface area contributed by atoms with Crippen LogP contribution in [0.4, 0.5) is 0 Å². The Kier molecular flexibility index (Phi) is 6.19. The normalized spacial score (nSPS) is 12.6. The van der Waals surface area contributed by atoms with E-state index >= 15 is 0 Å². The maximum absolute atomic E-state index is 12.0. The van der Waals surface area contributed by atoms with Crippen LogP contribution in [0.5, 0.6) is 0 Å². The van der Waals surface area contributed by atoms with Crippen molar-refractivity contribution in [3.8, 4) is 0 Å². The van der Waals surface area contributed by atoms with Crippen LogP contribution in [0.25, 0.3) is 5.57 Å². The second-order valence-electron chi connectivity index (χ2n) is 6.60. The summed E-state index contributed by atoms with van der Waals surface area (Å²) in [7, 11) is 0. The molecule has 0 bridgehead atoms. The number of allylic oxidation sites excluding steroid dienone is 2. The highest BCUT2D eigenvalue weighted by Gasteiger charge is 2.18. The number of hydrogen-bond acceptors (Lipinski definition) is 1. The molecule has 0 radical (unpaired) electrons. The molecular weight excluding hydrogens is 244 g/mol. The Bertz CT molecular complexity index is 458. The lowest BCUT2D eigenvalue weighted by molar-refractivity contribution is -0.121. The molecule has 0 aliphatic heterocycles. The maximum Gasteiger partial charge on any atom is 0.161 e. The Hall–Kier alpha value is -1.37. The van der Waals surface area contributed by atoms with Crippen LogP contribution < -0.4 is 0 Å². The van der Waals surface area contributed by atoms with Gasteiger partial charge in [0.2, 0.25) is 0 Å². The Morgan fingerprint density at radius 1 is 1.10 bits per heavy atom. The van der Waals surface area contributed by atoms with Gasteiger partial charge in [0.15, 0.2) is 5.78 Å². The van der Waals surface area contributed by atoms with Gasteiger partial charge in [-0.3, -0.25) is 4.79 Å².